The van der Waals surface area contributed by atoms with Crippen LogP contribution in [-0.2, 0) is 11.2 Å². The third-order valence-corrected chi connectivity index (χ3v) is 1.73. The summed E-state index contributed by atoms with van der Waals surface area (Å²) in [6.07, 6.45) is 2.88. The van der Waals surface area contributed by atoms with Crippen LogP contribution in [0.15, 0.2) is 6.20 Å². The van der Waals surface area contributed by atoms with E-state index in [9.17, 15) is 4.79 Å². The summed E-state index contributed by atoms with van der Waals surface area (Å²) < 4.78 is 0. The molecule has 1 rings (SSSR count). The Balaban J connectivity index is 2.57. The smallest absolute Gasteiger partial charge is 0.226 e. The van der Waals surface area contributed by atoms with E-state index in [0.29, 0.717) is 18.8 Å². The SMILES string of the molecule is CCc1cn[nH]c1NC(=O)CCN. The first kappa shape index (κ1) is 9.73. The van der Waals surface area contributed by atoms with Gasteiger partial charge >= 0.3 is 0 Å². The molecule has 13 heavy (non-hydrogen) atoms. The standard InChI is InChI=1S/C8H14N4O/c1-2-6-5-10-12-8(6)11-7(13)3-4-9/h5H,2-4,9H2,1H3,(H2,10,11,12,13). The summed E-state index contributed by atoms with van der Waals surface area (Å²) >= 11 is 0. The summed E-state index contributed by atoms with van der Waals surface area (Å²) in [7, 11) is 0. The van der Waals surface area contributed by atoms with Gasteiger partial charge in [0.1, 0.15) is 5.82 Å². The minimum absolute atomic E-state index is 0.0820. The van der Waals surface area contributed by atoms with Crippen molar-refractivity contribution in [1.29, 1.82) is 0 Å². The van der Waals surface area contributed by atoms with Gasteiger partial charge in [-0.25, -0.2) is 0 Å². The van der Waals surface area contributed by atoms with E-state index in [2.05, 4.69) is 15.5 Å². The zero-order chi connectivity index (χ0) is 9.68. The van der Waals surface area contributed by atoms with Gasteiger partial charge in [-0.05, 0) is 6.42 Å². The van der Waals surface area contributed by atoms with E-state index in [1.54, 1.807) is 6.20 Å². The fraction of sp³-hybridized carbons (Fsp3) is 0.500. The molecule has 0 unspecified atom stereocenters. The third-order valence-electron chi connectivity index (χ3n) is 1.73. The number of aromatic amines is 1. The minimum Gasteiger partial charge on any atom is -0.330 e. The number of nitrogens with zero attached hydrogens (tertiary/aromatic N) is 1. The number of aryl methyl sites for hydroxylation is 1. The number of anilines is 1. The van der Waals surface area contributed by atoms with Crippen molar-refractivity contribution in [3.05, 3.63) is 11.8 Å². The third kappa shape index (κ3) is 2.55. The lowest BCUT2D eigenvalue weighted by molar-refractivity contribution is -0.116. The molecule has 0 saturated carbocycles. The lowest BCUT2D eigenvalue weighted by Gasteiger charge is -2.02. The highest BCUT2D eigenvalue weighted by Gasteiger charge is 2.06. The number of nitrogens with two attached hydrogens (primary N) is 1. The van der Waals surface area contributed by atoms with E-state index in [1.807, 2.05) is 6.92 Å². The van der Waals surface area contributed by atoms with Crippen LogP contribution in [-0.4, -0.2) is 22.6 Å². The maximum atomic E-state index is 11.1. The number of carbonyl (C=O) groups is 1. The molecule has 0 aliphatic heterocycles. The van der Waals surface area contributed by atoms with Crippen molar-refractivity contribution in [3.8, 4) is 0 Å². The Morgan fingerprint density at radius 3 is 3.15 bits per heavy atom. The number of carbonyl (C=O) groups excluding carboxylic acids is 1. The average molecular weight is 182 g/mol. The molecule has 5 heteroatoms. The van der Waals surface area contributed by atoms with Crippen LogP contribution < -0.4 is 11.1 Å². The summed E-state index contributed by atoms with van der Waals surface area (Å²) in [5, 5.41) is 9.26. The highest BCUT2D eigenvalue weighted by atomic mass is 16.1. The first-order chi connectivity index (χ1) is 6.27. The minimum atomic E-state index is -0.0820. The van der Waals surface area contributed by atoms with Gasteiger partial charge in [0, 0.05) is 18.5 Å². The van der Waals surface area contributed by atoms with Crippen LogP contribution in [0.2, 0.25) is 0 Å². The molecule has 0 bridgehead atoms. The van der Waals surface area contributed by atoms with E-state index in [0.717, 1.165) is 12.0 Å². The van der Waals surface area contributed by atoms with Crippen LogP contribution in [0, 0.1) is 0 Å². The first-order valence-electron chi connectivity index (χ1n) is 4.30. The van der Waals surface area contributed by atoms with Gasteiger partial charge in [0.2, 0.25) is 5.91 Å². The fourth-order valence-electron chi connectivity index (χ4n) is 1.02. The molecule has 5 nitrogen and oxygen atoms in total. The molecule has 72 valence electrons. The number of H-pyrrole nitrogens is 1. The Morgan fingerprint density at radius 1 is 1.77 bits per heavy atom. The molecule has 0 fully saturated rings. The fourth-order valence-corrected chi connectivity index (χ4v) is 1.02. The molecule has 0 aromatic carbocycles. The second-order valence-corrected chi connectivity index (χ2v) is 2.71. The molecular formula is C8H14N4O. The molecule has 1 aromatic heterocycles. The predicted octanol–water partition coefficient (Wildman–Crippen LogP) is 0.259. The number of amides is 1. The Bertz CT molecular complexity index is 281. The lowest BCUT2D eigenvalue weighted by atomic mass is 10.2. The Kier molecular flexibility index (Phi) is 3.45. The van der Waals surface area contributed by atoms with E-state index < -0.39 is 0 Å². The van der Waals surface area contributed by atoms with Crippen LogP contribution >= 0.6 is 0 Å². The second-order valence-electron chi connectivity index (χ2n) is 2.71. The Morgan fingerprint density at radius 2 is 2.54 bits per heavy atom. The molecule has 0 aliphatic rings. The summed E-state index contributed by atoms with van der Waals surface area (Å²) in [6, 6.07) is 0. The van der Waals surface area contributed by atoms with Crippen molar-refractivity contribution in [1.82, 2.24) is 10.2 Å². The van der Waals surface area contributed by atoms with Crippen LogP contribution in [0.3, 0.4) is 0 Å². The summed E-state index contributed by atoms with van der Waals surface area (Å²) in [5.74, 6) is 0.599. The van der Waals surface area contributed by atoms with Gasteiger partial charge in [-0.15, -0.1) is 0 Å². The maximum Gasteiger partial charge on any atom is 0.226 e. The van der Waals surface area contributed by atoms with Gasteiger partial charge in [-0.1, -0.05) is 6.92 Å². The highest BCUT2D eigenvalue weighted by molar-refractivity contribution is 5.90. The largest absolute Gasteiger partial charge is 0.330 e. The molecule has 4 N–H and O–H groups in total. The molecule has 0 radical (unpaired) electrons. The van der Waals surface area contributed by atoms with Crippen molar-refractivity contribution in [3.63, 3.8) is 0 Å². The molecule has 0 spiro atoms. The van der Waals surface area contributed by atoms with Gasteiger partial charge in [0.05, 0.1) is 6.20 Å². The lowest BCUT2D eigenvalue weighted by Crippen LogP contribution is -2.17. The molecular weight excluding hydrogens is 168 g/mol. The number of rotatable bonds is 4. The van der Waals surface area contributed by atoms with E-state index in [1.165, 1.54) is 0 Å². The Hall–Kier alpha value is -1.36. The quantitative estimate of drug-likeness (QED) is 0.624. The van der Waals surface area contributed by atoms with Crippen molar-refractivity contribution in [2.24, 2.45) is 5.73 Å². The monoisotopic (exact) mass is 182 g/mol. The molecule has 0 saturated heterocycles. The summed E-state index contributed by atoms with van der Waals surface area (Å²) in [5.41, 5.74) is 6.25. The molecule has 1 aromatic rings. The number of nitrogens with one attached hydrogen (secondary N) is 2. The van der Waals surface area contributed by atoms with Crippen LogP contribution in [0.1, 0.15) is 18.9 Å². The zero-order valence-corrected chi connectivity index (χ0v) is 7.63. The van der Waals surface area contributed by atoms with Gasteiger partial charge in [-0.2, -0.15) is 5.10 Å². The van der Waals surface area contributed by atoms with Crippen LogP contribution in [0.4, 0.5) is 5.82 Å². The van der Waals surface area contributed by atoms with E-state index in [4.69, 9.17) is 5.73 Å². The van der Waals surface area contributed by atoms with Crippen molar-refractivity contribution in [2.75, 3.05) is 11.9 Å². The molecule has 1 heterocycles. The normalized spacial score (nSPS) is 10.0. The van der Waals surface area contributed by atoms with Gasteiger partial charge in [0.15, 0.2) is 0 Å². The van der Waals surface area contributed by atoms with Gasteiger partial charge in [-0.3, -0.25) is 9.89 Å². The molecule has 0 atom stereocenters. The van der Waals surface area contributed by atoms with Crippen LogP contribution in [0.25, 0.3) is 0 Å². The van der Waals surface area contributed by atoms with Crippen LogP contribution in [0.5, 0.6) is 0 Å². The maximum absolute atomic E-state index is 11.1. The molecule has 1 amide bonds. The average Bonchev–Trinajstić information content (AvgIpc) is 2.52. The van der Waals surface area contributed by atoms with Crippen molar-refractivity contribution in [2.45, 2.75) is 19.8 Å². The van der Waals surface area contributed by atoms with Gasteiger partial charge < -0.3 is 11.1 Å². The van der Waals surface area contributed by atoms with Crippen molar-refractivity contribution < 1.29 is 4.79 Å². The van der Waals surface area contributed by atoms with Gasteiger partial charge in [0.25, 0.3) is 0 Å². The predicted molar refractivity (Wildman–Crippen MR) is 50.3 cm³/mol. The summed E-state index contributed by atoms with van der Waals surface area (Å²) in [4.78, 5) is 11.1. The number of aromatic nitrogens is 2. The molecule has 0 aliphatic carbocycles. The number of hydrogen-bond acceptors (Lipinski definition) is 3. The first-order valence-corrected chi connectivity index (χ1v) is 4.30. The summed E-state index contributed by atoms with van der Waals surface area (Å²) in [6.45, 7) is 2.37. The highest BCUT2D eigenvalue weighted by Crippen LogP contribution is 2.10. The zero-order valence-electron chi connectivity index (χ0n) is 7.63. The van der Waals surface area contributed by atoms with E-state index in [-0.39, 0.29) is 5.91 Å². The number of hydrogen-bond donors (Lipinski definition) is 3. The second kappa shape index (κ2) is 4.61. The van der Waals surface area contributed by atoms with Crippen molar-refractivity contribution >= 4 is 11.7 Å². The van der Waals surface area contributed by atoms with E-state index >= 15 is 0 Å². The Labute approximate surface area is 76.7 Å². The topological polar surface area (TPSA) is 83.8 Å².